The Labute approximate surface area is 134 Å². The van der Waals surface area contributed by atoms with Gasteiger partial charge in [0.05, 0.1) is 10.0 Å². The summed E-state index contributed by atoms with van der Waals surface area (Å²) in [7, 11) is -2.35. The Hall–Kier alpha value is -1.16. The van der Waals surface area contributed by atoms with Gasteiger partial charge in [0.15, 0.2) is 0 Å². The summed E-state index contributed by atoms with van der Waals surface area (Å²) in [5.74, 6) is -0.511. The second kappa shape index (κ2) is 5.91. The molecule has 2 rings (SSSR count). The number of rotatable bonds is 5. The first kappa shape index (κ1) is 16.2. The van der Waals surface area contributed by atoms with E-state index in [1.165, 1.54) is 13.3 Å². The standard InChI is InChI=1S/C12H12BrNO5S2/c1-7-8(3-4-19-7)6-14(2)21(17,18)10-5-9(12(15)16)20-11(10)13/h3-5H,6H2,1-2H3,(H,15,16). The van der Waals surface area contributed by atoms with E-state index in [1.54, 1.807) is 13.0 Å². The number of sulfonamides is 1. The van der Waals surface area contributed by atoms with Gasteiger partial charge >= 0.3 is 5.97 Å². The number of furan rings is 1. The Morgan fingerprint density at radius 3 is 2.67 bits per heavy atom. The first-order valence-electron chi connectivity index (χ1n) is 5.75. The Kier molecular flexibility index (Phi) is 4.57. The van der Waals surface area contributed by atoms with E-state index in [1.807, 2.05) is 0 Å². The van der Waals surface area contributed by atoms with E-state index in [0.29, 0.717) is 5.76 Å². The zero-order chi connectivity index (χ0) is 15.8. The summed E-state index contributed by atoms with van der Waals surface area (Å²) in [6.45, 7) is 1.90. The quantitative estimate of drug-likeness (QED) is 0.843. The molecule has 1 N–H and O–H groups in total. The molecule has 0 saturated carbocycles. The van der Waals surface area contributed by atoms with E-state index in [4.69, 9.17) is 9.52 Å². The highest BCUT2D eigenvalue weighted by Crippen LogP contribution is 2.33. The van der Waals surface area contributed by atoms with Gasteiger partial charge in [-0.3, -0.25) is 0 Å². The van der Waals surface area contributed by atoms with Crippen LogP contribution in [0.3, 0.4) is 0 Å². The van der Waals surface area contributed by atoms with E-state index in [0.717, 1.165) is 27.3 Å². The minimum absolute atomic E-state index is 0.0339. The fourth-order valence-corrected chi connectivity index (χ4v) is 5.20. The molecule has 0 spiro atoms. The predicted molar refractivity (Wildman–Crippen MR) is 81.1 cm³/mol. The van der Waals surface area contributed by atoms with Crippen molar-refractivity contribution in [2.24, 2.45) is 0 Å². The van der Waals surface area contributed by atoms with E-state index in [9.17, 15) is 13.2 Å². The molecule has 0 aromatic carbocycles. The highest BCUT2D eigenvalue weighted by molar-refractivity contribution is 9.11. The van der Waals surface area contributed by atoms with Gasteiger partial charge in [-0.05, 0) is 35.0 Å². The van der Waals surface area contributed by atoms with Crippen molar-refractivity contribution in [2.75, 3.05) is 7.05 Å². The number of hydrogen-bond acceptors (Lipinski definition) is 5. The van der Waals surface area contributed by atoms with Crippen LogP contribution in [0.2, 0.25) is 0 Å². The molecular weight excluding hydrogens is 382 g/mol. The van der Waals surface area contributed by atoms with Crippen LogP contribution in [0.5, 0.6) is 0 Å². The molecule has 0 bridgehead atoms. The lowest BCUT2D eigenvalue weighted by molar-refractivity contribution is 0.0702. The minimum atomic E-state index is -3.78. The molecular formula is C12H12BrNO5S2. The Balaban J connectivity index is 2.33. The number of aromatic carboxylic acids is 1. The van der Waals surface area contributed by atoms with Crippen molar-refractivity contribution in [3.8, 4) is 0 Å². The van der Waals surface area contributed by atoms with E-state index in [-0.39, 0.29) is 20.1 Å². The van der Waals surface area contributed by atoms with Gasteiger partial charge in [0.1, 0.15) is 15.5 Å². The highest BCUT2D eigenvalue weighted by atomic mass is 79.9. The number of thiophene rings is 1. The molecule has 0 radical (unpaired) electrons. The highest BCUT2D eigenvalue weighted by Gasteiger charge is 2.27. The third-order valence-corrected chi connectivity index (χ3v) is 6.96. The van der Waals surface area contributed by atoms with Crippen LogP contribution >= 0.6 is 27.3 Å². The van der Waals surface area contributed by atoms with Gasteiger partial charge in [-0.2, -0.15) is 4.31 Å². The Morgan fingerprint density at radius 1 is 1.52 bits per heavy atom. The van der Waals surface area contributed by atoms with Crippen molar-refractivity contribution in [1.29, 1.82) is 0 Å². The Bertz CT molecular complexity index is 777. The van der Waals surface area contributed by atoms with Gasteiger partial charge in [-0.15, -0.1) is 11.3 Å². The van der Waals surface area contributed by atoms with Gasteiger partial charge < -0.3 is 9.52 Å². The van der Waals surface area contributed by atoms with Crippen molar-refractivity contribution in [3.05, 3.63) is 38.4 Å². The van der Waals surface area contributed by atoms with E-state index >= 15 is 0 Å². The maximum absolute atomic E-state index is 12.5. The lowest BCUT2D eigenvalue weighted by Crippen LogP contribution is -2.26. The molecule has 2 heterocycles. The zero-order valence-corrected chi connectivity index (χ0v) is 14.4. The summed E-state index contributed by atoms with van der Waals surface area (Å²) in [6, 6.07) is 2.86. The SMILES string of the molecule is Cc1occc1CN(C)S(=O)(=O)c1cc(C(=O)O)sc1Br. The molecule has 114 valence electrons. The zero-order valence-electron chi connectivity index (χ0n) is 11.2. The molecule has 2 aromatic heterocycles. The number of halogens is 1. The predicted octanol–water partition coefficient (Wildman–Crippen LogP) is 2.93. The smallest absolute Gasteiger partial charge is 0.345 e. The molecule has 0 aliphatic rings. The fraction of sp³-hybridized carbons (Fsp3) is 0.250. The average Bonchev–Trinajstić information content (AvgIpc) is 2.96. The third-order valence-electron chi connectivity index (χ3n) is 2.91. The van der Waals surface area contributed by atoms with Crippen molar-refractivity contribution in [1.82, 2.24) is 4.31 Å². The third kappa shape index (κ3) is 3.20. The largest absolute Gasteiger partial charge is 0.477 e. The minimum Gasteiger partial charge on any atom is -0.477 e. The second-order valence-electron chi connectivity index (χ2n) is 4.32. The monoisotopic (exact) mass is 393 g/mol. The molecule has 6 nitrogen and oxygen atoms in total. The second-order valence-corrected chi connectivity index (χ2v) is 8.70. The number of nitrogens with zero attached hydrogens (tertiary/aromatic N) is 1. The maximum atomic E-state index is 12.5. The number of carbonyl (C=O) groups is 1. The molecule has 0 fully saturated rings. The van der Waals surface area contributed by atoms with Crippen molar-refractivity contribution >= 4 is 43.3 Å². The van der Waals surface area contributed by atoms with Crippen LogP contribution in [0.15, 0.2) is 31.5 Å². The Morgan fingerprint density at radius 2 is 2.19 bits per heavy atom. The van der Waals surface area contributed by atoms with E-state index in [2.05, 4.69) is 15.9 Å². The van der Waals surface area contributed by atoms with Crippen molar-refractivity contribution in [3.63, 3.8) is 0 Å². The normalized spacial score (nSPS) is 12.0. The van der Waals surface area contributed by atoms with Crippen LogP contribution in [0.25, 0.3) is 0 Å². The maximum Gasteiger partial charge on any atom is 0.345 e. The van der Waals surface area contributed by atoms with Gasteiger partial charge in [0.25, 0.3) is 0 Å². The molecule has 0 saturated heterocycles. The number of carboxylic acid groups (broad SMARTS) is 1. The van der Waals surface area contributed by atoms with Gasteiger partial charge in [-0.25, -0.2) is 13.2 Å². The molecule has 0 aliphatic carbocycles. The average molecular weight is 394 g/mol. The molecule has 2 aromatic rings. The fourth-order valence-electron chi connectivity index (χ4n) is 1.70. The summed E-state index contributed by atoms with van der Waals surface area (Å²) in [5, 5.41) is 8.94. The molecule has 21 heavy (non-hydrogen) atoms. The van der Waals surface area contributed by atoms with Crippen LogP contribution in [-0.4, -0.2) is 30.8 Å². The van der Waals surface area contributed by atoms with Crippen molar-refractivity contribution in [2.45, 2.75) is 18.4 Å². The lowest BCUT2D eigenvalue weighted by Gasteiger charge is -2.16. The van der Waals surface area contributed by atoms with Crippen LogP contribution in [0.4, 0.5) is 0 Å². The topological polar surface area (TPSA) is 87.8 Å². The summed E-state index contributed by atoms with van der Waals surface area (Å²) in [5.41, 5.74) is 0.755. The number of carboxylic acids is 1. The number of hydrogen-bond donors (Lipinski definition) is 1. The number of aryl methyl sites for hydroxylation is 1. The molecule has 0 unspecified atom stereocenters. The van der Waals surface area contributed by atoms with Crippen molar-refractivity contribution < 1.29 is 22.7 Å². The molecule has 9 heteroatoms. The van der Waals surface area contributed by atoms with Crippen LogP contribution in [0.1, 0.15) is 21.0 Å². The van der Waals surface area contributed by atoms with Gasteiger partial charge in [-0.1, -0.05) is 0 Å². The summed E-state index contributed by atoms with van der Waals surface area (Å²) in [6.07, 6.45) is 1.49. The molecule has 0 atom stereocenters. The molecule has 0 amide bonds. The van der Waals surface area contributed by atoms with E-state index < -0.39 is 16.0 Å². The lowest BCUT2D eigenvalue weighted by atomic mass is 10.3. The first-order valence-corrected chi connectivity index (χ1v) is 8.80. The van der Waals surface area contributed by atoms with Gasteiger partial charge in [0.2, 0.25) is 10.0 Å². The first-order chi connectivity index (χ1) is 9.73. The van der Waals surface area contributed by atoms with Crippen LogP contribution in [-0.2, 0) is 16.6 Å². The molecule has 0 aliphatic heterocycles. The van der Waals surface area contributed by atoms with Crippen LogP contribution in [0, 0.1) is 6.92 Å². The summed E-state index contributed by atoms with van der Waals surface area (Å²) < 4.78 is 31.6. The van der Waals surface area contributed by atoms with Crippen LogP contribution < -0.4 is 0 Å². The summed E-state index contributed by atoms with van der Waals surface area (Å²) in [4.78, 5) is 10.9. The summed E-state index contributed by atoms with van der Waals surface area (Å²) >= 11 is 3.98. The van der Waals surface area contributed by atoms with Gasteiger partial charge in [0, 0.05) is 19.2 Å².